The summed E-state index contributed by atoms with van der Waals surface area (Å²) in [5.74, 6) is -1.00. The molecule has 3 heterocycles. The molecular formula is C24H23ClF3N7O4S. The van der Waals surface area contributed by atoms with Gasteiger partial charge >= 0.3 is 12.1 Å². The van der Waals surface area contributed by atoms with Crippen LogP contribution in [0.15, 0.2) is 41.5 Å². The number of aliphatic carboxylic acids is 1. The molecule has 212 valence electrons. The number of hydrazine groups is 2. The van der Waals surface area contributed by atoms with Crippen molar-refractivity contribution in [2.45, 2.75) is 29.5 Å². The van der Waals surface area contributed by atoms with Gasteiger partial charge in [-0.25, -0.2) is 5.53 Å². The van der Waals surface area contributed by atoms with E-state index in [0.717, 1.165) is 4.57 Å². The lowest BCUT2D eigenvalue weighted by Gasteiger charge is -2.24. The predicted octanol–water partition coefficient (Wildman–Crippen LogP) is 4.34. The largest absolute Gasteiger partial charge is 0.493 e. The Hall–Kier alpha value is -3.69. The van der Waals surface area contributed by atoms with Crippen LogP contribution in [-0.2, 0) is 11.0 Å². The third kappa shape index (κ3) is 5.36. The number of ether oxygens (including phenoxy) is 2. The number of carbonyl (C=O) groups is 1. The number of nitrogens with one attached hydrogen (secondary N) is 2. The van der Waals surface area contributed by atoms with Crippen molar-refractivity contribution in [3.05, 3.63) is 64.2 Å². The summed E-state index contributed by atoms with van der Waals surface area (Å²) in [6.45, 7) is 0.234. The minimum Gasteiger partial charge on any atom is -0.493 e. The summed E-state index contributed by atoms with van der Waals surface area (Å²) in [6, 6.07) is 10.0. The van der Waals surface area contributed by atoms with E-state index in [1.54, 1.807) is 18.2 Å². The number of amidine groups is 1. The number of halogens is 4. The Labute approximate surface area is 235 Å². The molecule has 0 spiro atoms. The minimum absolute atomic E-state index is 0.108. The fourth-order valence-electron chi connectivity index (χ4n) is 4.62. The molecule has 0 fully saturated rings. The first kappa shape index (κ1) is 27.9. The van der Waals surface area contributed by atoms with Crippen molar-refractivity contribution in [2.75, 3.05) is 20.8 Å². The van der Waals surface area contributed by atoms with E-state index in [-0.39, 0.29) is 36.7 Å². The molecule has 0 radical (unpaired) electrons. The molecule has 2 aliphatic rings. The van der Waals surface area contributed by atoms with Gasteiger partial charge in [0, 0.05) is 17.1 Å². The van der Waals surface area contributed by atoms with Crippen LogP contribution in [-0.4, -0.2) is 57.6 Å². The number of hydrogen-bond acceptors (Lipinski definition) is 10. The number of hydrogen-bond donors (Lipinski definition) is 3. The van der Waals surface area contributed by atoms with Gasteiger partial charge in [0.15, 0.2) is 23.2 Å². The maximum atomic E-state index is 14.2. The lowest BCUT2D eigenvalue weighted by atomic mass is 10.0. The van der Waals surface area contributed by atoms with Gasteiger partial charge in [0.2, 0.25) is 5.82 Å². The molecule has 0 bridgehead atoms. The van der Waals surface area contributed by atoms with Crippen molar-refractivity contribution >= 4 is 35.2 Å². The minimum atomic E-state index is -4.78. The van der Waals surface area contributed by atoms with Crippen molar-refractivity contribution in [1.29, 1.82) is 0 Å². The number of alkyl halides is 3. The maximum absolute atomic E-state index is 14.2. The first-order valence-electron chi connectivity index (χ1n) is 11.9. The summed E-state index contributed by atoms with van der Waals surface area (Å²) in [6.07, 6.45) is -4.82. The third-order valence-electron chi connectivity index (χ3n) is 6.26. The van der Waals surface area contributed by atoms with E-state index in [1.807, 2.05) is 6.07 Å². The second-order valence-corrected chi connectivity index (χ2v) is 10.5. The molecular weight excluding hydrogens is 575 g/mol. The molecule has 0 aliphatic carbocycles. The molecule has 1 aromatic heterocycles. The van der Waals surface area contributed by atoms with E-state index in [4.69, 9.17) is 26.2 Å². The molecule has 11 nitrogen and oxygen atoms in total. The van der Waals surface area contributed by atoms with Crippen LogP contribution >= 0.6 is 23.4 Å². The van der Waals surface area contributed by atoms with E-state index in [2.05, 4.69) is 26.3 Å². The molecule has 5 rings (SSSR count). The SMILES string of the molecule is COc1cccc([C@H]2S[C@H](CCN3NN=C(CC(=O)O)N3)c3nnc(C(F)(F)F)n3-c3ccc(Cl)cc32)c1OC. The van der Waals surface area contributed by atoms with E-state index in [0.29, 0.717) is 27.6 Å². The lowest BCUT2D eigenvalue weighted by molar-refractivity contribution is -0.146. The summed E-state index contributed by atoms with van der Waals surface area (Å²) in [4.78, 5) is 11.0. The fraction of sp³-hybridized carbons (Fsp3) is 0.333. The number of carboxylic acid groups (broad SMARTS) is 1. The zero-order chi connectivity index (χ0) is 28.6. The maximum Gasteiger partial charge on any atom is 0.452 e. The van der Waals surface area contributed by atoms with Crippen LogP contribution in [0.4, 0.5) is 13.2 Å². The molecule has 2 atom stereocenters. The van der Waals surface area contributed by atoms with Gasteiger partial charge in [-0.15, -0.1) is 32.2 Å². The van der Waals surface area contributed by atoms with Crippen molar-refractivity contribution in [1.82, 2.24) is 30.8 Å². The molecule has 16 heteroatoms. The van der Waals surface area contributed by atoms with Crippen LogP contribution in [0.3, 0.4) is 0 Å². The Kier molecular flexibility index (Phi) is 7.70. The average molecular weight is 598 g/mol. The summed E-state index contributed by atoms with van der Waals surface area (Å²) in [7, 11) is 3.00. The topological polar surface area (TPSA) is 126 Å². The average Bonchev–Trinajstić information content (AvgIpc) is 3.52. The van der Waals surface area contributed by atoms with Gasteiger partial charge in [-0.05, 0) is 36.2 Å². The third-order valence-corrected chi connectivity index (χ3v) is 8.05. The number of rotatable bonds is 8. The van der Waals surface area contributed by atoms with E-state index in [1.165, 1.54) is 43.2 Å². The highest BCUT2D eigenvalue weighted by Crippen LogP contribution is 2.54. The van der Waals surface area contributed by atoms with Gasteiger partial charge in [0.25, 0.3) is 0 Å². The molecule has 0 unspecified atom stereocenters. The van der Waals surface area contributed by atoms with Crippen LogP contribution in [0, 0.1) is 0 Å². The number of benzene rings is 2. The summed E-state index contributed by atoms with van der Waals surface area (Å²) in [5, 5.41) is 21.1. The fourth-order valence-corrected chi connectivity index (χ4v) is 6.31. The first-order chi connectivity index (χ1) is 19.1. The smallest absolute Gasteiger partial charge is 0.452 e. The van der Waals surface area contributed by atoms with Crippen LogP contribution in [0.1, 0.15) is 46.1 Å². The molecule has 3 N–H and O–H groups in total. The number of methoxy groups -OCH3 is 2. The Balaban J connectivity index is 1.60. The molecule has 40 heavy (non-hydrogen) atoms. The number of carboxylic acids is 1. The van der Waals surface area contributed by atoms with Crippen molar-refractivity contribution in [3.63, 3.8) is 0 Å². The Morgan fingerprint density at radius 2 is 1.98 bits per heavy atom. The number of fused-ring (bicyclic) bond motifs is 3. The predicted molar refractivity (Wildman–Crippen MR) is 140 cm³/mol. The van der Waals surface area contributed by atoms with E-state index in [9.17, 15) is 18.0 Å². The van der Waals surface area contributed by atoms with Crippen LogP contribution in [0.5, 0.6) is 11.5 Å². The molecule has 0 amide bonds. The highest BCUT2D eigenvalue weighted by molar-refractivity contribution is 8.00. The molecule has 2 aromatic carbocycles. The summed E-state index contributed by atoms with van der Waals surface area (Å²) < 4.78 is 54.7. The zero-order valence-corrected chi connectivity index (χ0v) is 22.6. The van der Waals surface area contributed by atoms with Crippen molar-refractivity contribution in [3.8, 4) is 17.2 Å². The number of hydrazone groups is 1. The summed E-state index contributed by atoms with van der Waals surface area (Å²) in [5.41, 5.74) is 6.96. The lowest BCUT2D eigenvalue weighted by Crippen LogP contribution is -2.42. The van der Waals surface area contributed by atoms with E-state index < -0.39 is 28.5 Å². The molecule has 0 saturated heterocycles. The highest BCUT2D eigenvalue weighted by Gasteiger charge is 2.43. The van der Waals surface area contributed by atoms with Gasteiger partial charge in [0.05, 0.1) is 30.4 Å². The highest BCUT2D eigenvalue weighted by atomic mass is 35.5. The second kappa shape index (κ2) is 11.1. The van der Waals surface area contributed by atoms with Crippen LogP contribution in [0.25, 0.3) is 5.69 Å². The summed E-state index contributed by atoms with van der Waals surface area (Å²) >= 11 is 7.74. The zero-order valence-electron chi connectivity index (χ0n) is 21.1. The molecule has 3 aromatic rings. The number of para-hydroxylation sites is 1. The van der Waals surface area contributed by atoms with Gasteiger partial charge in [-0.2, -0.15) is 13.2 Å². The normalized spacial score (nSPS) is 18.6. The van der Waals surface area contributed by atoms with E-state index >= 15 is 0 Å². The molecule has 2 aliphatic heterocycles. The molecule has 0 saturated carbocycles. The monoisotopic (exact) mass is 597 g/mol. The van der Waals surface area contributed by atoms with Gasteiger partial charge in [-0.3, -0.25) is 14.8 Å². The van der Waals surface area contributed by atoms with Crippen LogP contribution < -0.4 is 20.4 Å². The van der Waals surface area contributed by atoms with Gasteiger partial charge in [0.1, 0.15) is 6.42 Å². The first-order valence-corrected chi connectivity index (χ1v) is 13.2. The Bertz CT molecular complexity index is 1470. The number of nitrogens with zero attached hydrogens (tertiary/aromatic N) is 5. The number of aromatic nitrogens is 3. The van der Waals surface area contributed by atoms with Gasteiger partial charge in [-0.1, -0.05) is 23.7 Å². The van der Waals surface area contributed by atoms with Crippen LogP contribution in [0.2, 0.25) is 5.02 Å². The Morgan fingerprint density at radius 1 is 1.18 bits per heavy atom. The quantitative estimate of drug-likeness (QED) is 0.345. The van der Waals surface area contributed by atoms with Crippen molar-refractivity contribution < 1.29 is 32.5 Å². The standard InChI is InChI=1S/C24H23ClF3N7O4S/c1-38-16-5-3-4-13(20(16)39-2)21-14-10-12(25)6-7-15(14)35-22(30-31-23(35)24(26,27)28)17(40-21)8-9-34-32-18(29-33-34)11-19(36)37/h3-7,10,17,21,33H,8-9,11H2,1-2H3,(H,29,32)(H,36,37)/t17-,21-/m1/s1. The Morgan fingerprint density at radius 3 is 2.67 bits per heavy atom. The number of thioether (sulfide) groups is 1. The van der Waals surface area contributed by atoms with Crippen molar-refractivity contribution in [2.24, 2.45) is 5.10 Å². The van der Waals surface area contributed by atoms with Gasteiger partial charge < -0.3 is 14.6 Å². The second-order valence-electron chi connectivity index (χ2n) is 8.79.